The molecular weight excluding hydrogens is 781 g/mol. The summed E-state index contributed by atoms with van der Waals surface area (Å²) in [5, 5.41) is 6.87. The maximum Gasteiger partial charge on any atom is 0.145 e. The van der Waals surface area contributed by atoms with Gasteiger partial charge in [0.15, 0.2) is 0 Å². The molecule has 0 atom stereocenters. The van der Waals surface area contributed by atoms with Gasteiger partial charge in [-0.2, -0.15) is 0 Å². The van der Waals surface area contributed by atoms with E-state index in [0.29, 0.717) is 0 Å². The predicted molar refractivity (Wildman–Crippen MR) is 266 cm³/mol. The minimum absolute atomic E-state index is 0.850. The number of hydrogen-bond acceptors (Lipinski definition) is 3. The Morgan fingerprint density at radius 3 is 1.48 bits per heavy atom. The summed E-state index contributed by atoms with van der Waals surface area (Å²) < 4.78 is 15.5. The van der Waals surface area contributed by atoms with Gasteiger partial charge in [0.1, 0.15) is 22.3 Å². The molecule has 10 aromatic carbocycles. The number of para-hydroxylation sites is 4. The van der Waals surface area contributed by atoms with Gasteiger partial charge in [-0.05, 0) is 107 Å². The minimum Gasteiger partial charge on any atom is -0.456 e. The summed E-state index contributed by atoms with van der Waals surface area (Å²) in [6, 6.07) is 82.0. The maximum atomic E-state index is 6.90. The van der Waals surface area contributed by atoms with E-state index in [0.717, 1.165) is 88.9 Å². The van der Waals surface area contributed by atoms with Gasteiger partial charge in [-0.25, -0.2) is 0 Å². The third kappa shape index (κ3) is 5.70. The number of benzene rings is 10. The van der Waals surface area contributed by atoms with Crippen molar-refractivity contribution in [1.82, 2.24) is 4.57 Å². The number of fused-ring (bicyclic) bond motifs is 9. The molecule has 300 valence electrons. The van der Waals surface area contributed by atoms with Crippen molar-refractivity contribution in [1.29, 1.82) is 0 Å². The van der Waals surface area contributed by atoms with Crippen molar-refractivity contribution in [3.63, 3.8) is 0 Å². The Balaban J connectivity index is 0.969. The van der Waals surface area contributed by atoms with E-state index in [1.54, 1.807) is 0 Å². The Labute approximate surface area is 369 Å². The van der Waals surface area contributed by atoms with E-state index >= 15 is 0 Å². The number of nitrogens with zero attached hydrogens (tertiary/aromatic N) is 2. The summed E-state index contributed by atoms with van der Waals surface area (Å²) in [7, 11) is 0. The number of furan rings is 2. The molecule has 0 saturated carbocycles. The fourth-order valence-corrected chi connectivity index (χ4v) is 9.88. The SMILES string of the molecule is c1ccc(-c2ccc(N(c3ccc(-c4cccc5oc6ccccc6c45)cc3)c3ccc(-c4ccc(-n5c6ccccc6c6ccccc65)cc4)c4oc5ccccc5c34)cc2)cc1. The lowest BCUT2D eigenvalue weighted by Gasteiger charge is -2.27. The van der Waals surface area contributed by atoms with Gasteiger partial charge in [-0.3, -0.25) is 0 Å². The summed E-state index contributed by atoms with van der Waals surface area (Å²) in [4.78, 5) is 2.37. The fourth-order valence-electron chi connectivity index (χ4n) is 9.88. The molecule has 13 rings (SSSR count). The highest BCUT2D eigenvalue weighted by atomic mass is 16.3. The van der Waals surface area contributed by atoms with Crippen LogP contribution in [-0.4, -0.2) is 4.57 Å². The molecule has 4 heteroatoms. The highest BCUT2D eigenvalue weighted by Crippen LogP contribution is 2.47. The van der Waals surface area contributed by atoms with Crippen molar-refractivity contribution < 1.29 is 8.83 Å². The van der Waals surface area contributed by atoms with Crippen molar-refractivity contribution >= 4 is 82.7 Å². The van der Waals surface area contributed by atoms with Crippen LogP contribution in [-0.2, 0) is 0 Å². The van der Waals surface area contributed by atoms with Gasteiger partial charge < -0.3 is 18.3 Å². The van der Waals surface area contributed by atoms with Crippen LogP contribution in [0.2, 0.25) is 0 Å². The van der Waals surface area contributed by atoms with Gasteiger partial charge >= 0.3 is 0 Å². The molecule has 0 aliphatic heterocycles. The molecule has 0 fully saturated rings. The normalized spacial score (nSPS) is 11.8. The maximum absolute atomic E-state index is 6.90. The summed E-state index contributed by atoms with van der Waals surface area (Å²) in [5.41, 5.74) is 16.8. The van der Waals surface area contributed by atoms with Crippen LogP contribution < -0.4 is 4.90 Å². The van der Waals surface area contributed by atoms with Crippen molar-refractivity contribution in [2.24, 2.45) is 0 Å². The lowest BCUT2D eigenvalue weighted by molar-refractivity contribution is 0.669. The second-order valence-electron chi connectivity index (χ2n) is 16.4. The molecule has 0 aliphatic rings. The smallest absolute Gasteiger partial charge is 0.145 e. The van der Waals surface area contributed by atoms with Crippen LogP contribution >= 0.6 is 0 Å². The topological polar surface area (TPSA) is 34.5 Å². The number of rotatable bonds is 7. The molecule has 0 bridgehead atoms. The van der Waals surface area contributed by atoms with Crippen LogP contribution in [0, 0.1) is 0 Å². The number of hydrogen-bond donors (Lipinski definition) is 0. The zero-order valence-electron chi connectivity index (χ0n) is 34.7. The third-order valence-electron chi connectivity index (χ3n) is 12.8. The molecule has 0 N–H and O–H groups in total. The van der Waals surface area contributed by atoms with Gasteiger partial charge in [0, 0.05) is 49.6 Å². The molecule has 4 nitrogen and oxygen atoms in total. The largest absolute Gasteiger partial charge is 0.456 e. The molecule has 64 heavy (non-hydrogen) atoms. The van der Waals surface area contributed by atoms with Gasteiger partial charge in [0.2, 0.25) is 0 Å². The summed E-state index contributed by atoms with van der Waals surface area (Å²) in [6.07, 6.45) is 0. The Morgan fingerprint density at radius 1 is 0.312 bits per heavy atom. The van der Waals surface area contributed by atoms with Crippen molar-refractivity contribution in [3.05, 3.63) is 231 Å². The summed E-state index contributed by atoms with van der Waals surface area (Å²) >= 11 is 0. The van der Waals surface area contributed by atoms with E-state index in [2.05, 4.69) is 222 Å². The van der Waals surface area contributed by atoms with E-state index in [-0.39, 0.29) is 0 Å². The van der Waals surface area contributed by atoms with E-state index in [9.17, 15) is 0 Å². The highest BCUT2D eigenvalue weighted by Gasteiger charge is 2.23. The standard InChI is InChI=1S/C60H38N2O2/c1-2-13-39(14-3-1)40-25-31-43(32-26-40)61(44-33-27-41(28-34-44)46-19-12-24-57-58(46)50-17-6-10-22-55(50)63-57)54-38-37-47(60-59(54)51-18-7-11-23-56(51)64-60)42-29-35-45(36-30-42)62-52-20-8-4-15-48(52)49-16-5-9-21-53(49)62/h1-38H. The zero-order valence-corrected chi connectivity index (χ0v) is 34.7. The van der Waals surface area contributed by atoms with Crippen LogP contribution in [0.4, 0.5) is 17.1 Å². The molecular formula is C60H38N2O2. The quantitative estimate of drug-likeness (QED) is 0.161. The third-order valence-corrected chi connectivity index (χ3v) is 12.8. The Hall–Kier alpha value is -8.60. The lowest BCUT2D eigenvalue weighted by Crippen LogP contribution is -2.10. The van der Waals surface area contributed by atoms with Gasteiger partial charge in [-0.1, -0.05) is 152 Å². The monoisotopic (exact) mass is 818 g/mol. The first-order chi connectivity index (χ1) is 31.7. The molecule has 3 heterocycles. The van der Waals surface area contributed by atoms with Gasteiger partial charge in [-0.15, -0.1) is 0 Å². The average Bonchev–Trinajstić information content (AvgIpc) is 4.05. The molecule has 0 spiro atoms. The molecule has 3 aromatic heterocycles. The van der Waals surface area contributed by atoms with E-state index in [1.165, 1.54) is 32.9 Å². The van der Waals surface area contributed by atoms with Crippen LogP contribution in [0.3, 0.4) is 0 Å². The molecule has 0 radical (unpaired) electrons. The zero-order chi connectivity index (χ0) is 42.1. The number of aromatic nitrogens is 1. The van der Waals surface area contributed by atoms with Crippen LogP contribution in [0.5, 0.6) is 0 Å². The first kappa shape index (κ1) is 36.1. The molecule has 0 unspecified atom stereocenters. The minimum atomic E-state index is 0.850. The Morgan fingerprint density at radius 2 is 0.812 bits per heavy atom. The predicted octanol–water partition coefficient (Wildman–Crippen LogP) is 17.1. The second-order valence-corrected chi connectivity index (χ2v) is 16.4. The van der Waals surface area contributed by atoms with Crippen LogP contribution in [0.1, 0.15) is 0 Å². The van der Waals surface area contributed by atoms with Gasteiger partial charge in [0.05, 0.1) is 22.1 Å². The highest BCUT2D eigenvalue weighted by molar-refractivity contribution is 6.17. The van der Waals surface area contributed by atoms with Crippen LogP contribution in [0.25, 0.3) is 105 Å². The van der Waals surface area contributed by atoms with Crippen molar-refractivity contribution in [2.45, 2.75) is 0 Å². The van der Waals surface area contributed by atoms with Crippen LogP contribution in [0.15, 0.2) is 239 Å². The fraction of sp³-hybridized carbons (Fsp3) is 0. The first-order valence-electron chi connectivity index (χ1n) is 21.7. The summed E-state index contributed by atoms with van der Waals surface area (Å²) in [5.74, 6) is 0. The van der Waals surface area contributed by atoms with E-state index < -0.39 is 0 Å². The first-order valence-corrected chi connectivity index (χ1v) is 21.7. The van der Waals surface area contributed by atoms with Crippen molar-refractivity contribution in [3.8, 4) is 39.1 Å². The Bertz CT molecular complexity index is 3820. The number of anilines is 3. The molecule has 0 aliphatic carbocycles. The van der Waals surface area contributed by atoms with E-state index in [1.807, 2.05) is 18.2 Å². The average molecular weight is 819 g/mol. The van der Waals surface area contributed by atoms with Crippen molar-refractivity contribution in [2.75, 3.05) is 4.90 Å². The van der Waals surface area contributed by atoms with E-state index in [4.69, 9.17) is 8.83 Å². The summed E-state index contributed by atoms with van der Waals surface area (Å²) in [6.45, 7) is 0. The lowest BCUT2D eigenvalue weighted by atomic mass is 9.98. The molecule has 0 amide bonds. The molecule has 13 aromatic rings. The molecule has 0 saturated heterocycles. The second kappa shape index (κ2) is 14.5. The van der Waals surface area contributed by atoms with Gasteiger partial charge in [0.25, 0.3) is 0 Å². The Kier molecular flexibility index (Phi) is 8.18.